The van der Waals surface area contributed by atoms with Gasteiger partial charge >= 0.3 is 0 Å². The van der Waals surface area contributed by atoms with Crippen LogP contribution in [0.25, 0.3) is 0 Å². The number of carbonyl (C=O) groups excluding carboxylic acids is 1. The van der Waals surface area contributed by atoms with Crippen LogP contribution in [-0.2, 0) is 4.79 Å². The monoisotopic (exact) mass is 241 g/mol. The molecule has 1 aliphatic rings. The maximum absolute atomic E-state index is 11.7. The van der Waals surface area contributed by atoms with Crippen LogP contribution in [0.5, 0.6) is 0 Å². The summed E-state index contributed by atoms with van der Waals surface area (Å²) in [6, 6.07) is 0.500. The van der Waals surface area contributed by atoms with Crippen molar-refractivity contribution in [1.29, 1.82) is 0 Å². The number of hydrogen-bond acceptors (Lipinski definition) is 3. The number of nitrogens with two attached hydrogens (primary N) is 1. The van der Waals surface area contributed by atoms with Crippen molar-refractivity contribution < 1.29 is 4.79 Å². The van der Waals surface area contributed by atoms with Gasteiger partial charge in [0.1, 0.15) is 0 Å². The maximum atomic E-state index is 11.7. The van der Waals surface area contributed by atoms with Gasteiger partial charge in [-0.2, -0.15) is 0 Å². The Morgan fingerprint density at radius 3 is 2.82 bits per heavy atom. The Morgan fingerprint density at radius 2 is 2.24 bits per heavy atom. The topological polar surface area (TPSA) is 58.4 Å². The molecule has 2 unspecified atom stereocenters. The molecule has 3 N–H and O–H groups in total. The lowest BCUT2D eigenvalue weighted by Crippen LogP contribution is -2.42. The zero-order valence-corrected chi connectivity index (χ0v) is 11.4. The van der Waals surface area contributed by atoms with Gasteiger partial charge in [-0.25, -0.2) is 0 Å². The van der Waals surface area contributed by atoms with Crippen molar-refractivity contribution in [2.75, 3.05) is 19.6 Å². The van der Waals surface area contributed by atoms with E-state index in [1.54, 1.807) is 0 Å². The second-order valence-corrected chi connectivity index (χ2v) is 5.34. The molecule has 2 atom stereocenters. The smallest absolute Gasteiger partial charge is 0.221 e. The Kier molecular flexibility index (Phi) is 5.92. The zero-order valence-electron chi connectivity index (χ0n) is 11.4. The molecule has 17 heavy (non-hydrogen) atoms. The number of hydrogen-bond donors (Lipinski definition) is 2. The molecule has 1 saturated heterocycles. The van der Waals surface area contributed by atoms with E-state index in [1.165, 1.54) is 19.4 Å². The molecule has 0 radical (unpaired) electrons. The van der Waals surface area contributed by atoms with E-state index in [2.05, 4.69) is 17.1 Å². The number of rotatable bonds is 6. The summed E-state index contributed by atoms with van der Waals surface area (Å²) in [6.45, 7) is 9.29. The molecule has 1 heterocycles. The fourth-order valence-electron chi connectivity index (χ4n) is 2.30. The number of amides is 1. The third-order valence-corrected chi connectivity index (χ3v) is 3.72. The summed E-state index contributed by atoms with van der Waals surface area (Å²) in [7, 11) is 0. The van der Waals surface area contributed by atoms with Gasteiger partial charge < -0.3 is 11.1 Å². The Balaban J connectivity index is 2.23. The number of nitrogens with one attached hydrogen (secondary N) is 1. The summed E-state index contributed by atoms with van der Waals surface area (Å²) in [5.74, 6) is 0.452. The van der Waals surface area contributed by atoms with E-state index in [1.807, 2.05) is 13.8 Å². The minimum Gasteiger partial charge on any atom is -0.354 e. The van der Waals surface area contributed by atoms with Crippen LogP contribution in [0.3, 0.4) is 0 Å². The molecule has 4 nitrogen and oxygen atoms in total. The van der Waals surface area contributed by atoms with Gasteiger partial charge in [-0.15, -0.1) is 0 Å². The van der Waals surface area contributed by atoms with E-state index in [9.17, 15) is 4.79 Å². The normalized spacial score (nSPS) is 23.0. The van der Waals surface area contributed by atoms with Gasteiger partial charge in [0.2, 0.25) is 5.91 Å². The molecule has 4 heteroatoms. The Hall–Kier alpha value is -0.610. The first kappa shape index (κ1) is 14.5. The minimum atomic E-state index is -0.0270. The molecule has 0 bridgehead atoms. The van der Waals surface area contributed by atoms with Crippen LogP contribution in [0.1, 0.15) is 40.0 Å². The van der Waals surface area contributed by atoms with Crippen molar-refractivity contribution in [1.82, 2.24) is 10.2 Å². The van der Waals surface area contributed by atoms with Gasteiger partial charge in [0.05, 0.1) is 0 Å². The quantitative estimate of drug-likeness (QED) is 0.728. The second kappa shape index (κ2) is 6.97. The zero-order chi connectivity index (χ0) is 12.8. The highest BCUT2D eigenvalue weighted by molar-refractivity contribution is 5.76. The van der Waals surface area contributed by atoms with Gasteiger partial charge in [-0.3, -0.25) is 9.69 Å². The van der Waals surface area contributed by atoms with Gasteiger partial charge in [-0.1, -0.05) is 20.8 Å². The molecular formula is C13H27N3O. The minimum absolute atomic E-state index is 0.0270. The largest absolute Gasteiger partial charge is 0.354 e. The lowest BCUT2D eigenvalue weighted by Gasteiger charge is -2.23. The third kappa shape index (κ3) is 4.64. The van der Waals surface area contributed by atoms with Crippen LogP contribution in [-0.4, -0.2) is 42.5 Å². The van der Waals surface area contributed by atoms with E-state index in [-0.39, 0.29) is 11.9 Å². The molecule has 1 rings (SSSR count). The average Bonchev–Trinajstić information content (AvgIpc) is 2.73. The Morgan fingerprint density at radius 1 is 1.53 bits per heavy atom. The summed E-state index contributed by atoms with van der Waals surface area (Å²) >= 11 is 0. The standard InChI is InChI=1S/C13H27N3O/c1-4-16-7-5-6-11(16)9-15-13(17)8-12(14)10(2)3/h10-12H,4-9,14H2,1-3H3,(H,15,17). The predicted molar refractivity (Wildman–Crippen MR) is 70.7 cm³/mol. The van der Waals surface area contributed by atoms with Gasteiger partial charge in [0.25, 0.3) is 0 Å². The lowest BCUT2D eigenvalue weighted by molar-refractivity contribution is -0.121. The summed E-state index contributed by atoms with van der Waals surface area (Å²) in [6.07, 6.45) is 2.89. The van der Waals surface area contributed by atoms with Crippen molar-refractivity contribution in [3.63, 3.8) is 0 Å². The van der Waals surface area contributed by atoms with Crippen LogP contribution in [0, 0.1) is 5.92 Å². The Labute approximate surface area is 105 Å². The molecule has 1 fully saturated rings. The first-order valence-corrected chi connectivity index (χ1v) is 6.81. The maximum Gasteiger partial charge on any atom is 0.221 e. The highest BCUT2D eigenvalue weighted by Gasteiger charge is 2.23. The lowest BCUT2D eigenvalue weighted by atomic mass is 10.0. The first-order chi connectivity index (χ1) is 8.04. The van der Waals surface area contributed by atoms with Crippen LogP contribution in [0.15, 0.2) is 0 Å². The SMILES string of the molecule is CCN1CCCC1CNC(=O)CC(N)C(C)C. The average molecular weight is 241 g/mol. The summed E-state index contributed by atoms with van der Waals surface area (Å²) in [5.41, 5.74) is 5.88. The number of likely N-dealkylation sites (tertiary alicyclic amines) is 1. The molecule has 0 aromatic rings. The molecule has 0 spiro atoms. The van der Waals surface area contributed by atoms with E-state index in [0.717, 1.165) is 13.1 Å². The fourth-order valence-corrected chi connectivity index (χ4v) is 2.30. The summed E-state index contributed by atoms with van der Waals surface area (Å²) < 4.78 is 0. The third-order valence-electron chi connectivity index (χ3n) is 3.72. The van der Waals surface area contributed by atoms with Crippen molar-refractivity contribution in [2.24, 2.45) is 11.7 Å². The van der Waals surface area contributed by atoms with Gasteiger partial charge in [0, 0.05) is 25.0 Å². The van der Waals surface area contributed by atoms with Crippen molar-refractivity contribution >= 4 is 5.91 Å². The summed E-state index contributed by atoms with van der Waals surface area (Å²) in [5, 5.41) is 3.01. The molecule has 0 aliphatic carbocycles. The Bertz CT molecular complexity index is 243. The van der Waals surface area contributed by atoms with Crippen LogP contribution in [0.4, 0.5) is 0 Å². The van der Waals surface area contributed by atoms with Crippen LogP contribution < -0.4 is 11.1 Å². The van der Waals surface area contributed by atoms with Crippen molar-refractivity contribution in [2.45, 2.75) is 52.1 Å². The van der Waals surface area contributed by atoms with Crippen LogP contribution >= 0.6 is 0 Å². The fraction of sp³-hybridized carbons (Fsp3) is 0.923. The molecule has 0 aromatic heterocycles. The molecule has 0 saturated carbocycles. The molecule has 100 valence electrons. The highest BCUT2D eigenvalue weighted by atomic mass is 16.1. The van der Waals surface area contributed by atoms with E-state index in [0.29, 0.717) is 18.4 Å². The number of nitrogens with zero attached hydrogens (tertiary/aromatic N) is 1. The highest BCUT2D eigenvalue weighted by Crippen LogP contribution is 2.15. The van der Waals surface area contributed by atoms with Crippen LogP contribution in [0.2, 0.25) is 0 Å². The first-order valence-electron chi connectivity index (χ1n) is 6.81. The van der Waals surface area contributed by atoms with E-state index in [4.69, 9.17) is 5.73 Å². The van der Waals surface area contributed by atoms with Crippen molar-refractivity contribution in [3.05, 3.63) is 0 Å². The molecule has 0 aromatic carbocycles. The molecule has 1 aliphatic heterocycles. The second-order valence-electron chi connectivity index (χ2n) is 5.34. The molecule has 1 amide bonds. The van der Waals surface area contributed by atoms with Gasteiger partial charge in [0.15, 0.2) is 0 Å². The number of carbonyl (C=O) groups is 1. The van der Waals surface area contributed by atoms with Gasteiger partial charge in [-0.05, 0) is 31.8 Å². The molecular weight excluding hydrogens is 214 g/mol. The van der Waals surface area contributed by atoms with Crippen molar-refractivity contribution in [3.8, 4) is 0 Å². The number of likely N-dealkylation sites (N-methyl/N-ethyl adjacent to an activating group) is 1. The van der Waals surface area contributed by atoms with E-state index < -0.39 is 0 Å². The predicted octanol–water partition coefficient (Wildman–Crippen LogP) is 0.960. The summed E-state index contributed by atoms with van der Waals surface area (Å²) in [4.78, 5) is 14.1. The van der Waals surface area contributed by atoms with E-state index >= 15 is 0 Å².